The lowest BCUT2D eigenvalue weighted by Gasteiger charge is -2.22. The predicted molar refractivity (Wildman–Crippen MR) is 119 cm³/mol. The van der Waals surface area contributed by atoms with E-state index in [4.69, 9.17) is 21.7 Å². The average Bonchev–Trinajstić information content (AvgIpc) is 2.67. The number of nitro groups is 2. The van der Waals surface area contributed by atoms with Crippen LogP contribution in [0.5, 0.6) is 0 Å². The summed E-state index contributed by atoms with van der Waals surface area (Å²) in [7, 11) is 0. The van der Waals surface area contributed by atoms with Crippen LogP contribution in [0.15, 0.2) is 45.3 Å². The second-order valence-corrected chi connectivity index (χ2v) is 8.82. The molecule has 0 amide bonds. The molecule has 0 aromatic heterocycles. The van der Waals surface area contributed by atoms with Gasteiger partial charge in [0.1, 0.15) is 5.54 Å². The van der Waals surface area contributed by atoms with Crippen molar-refractivity contribution in [2.75, 3.05) is 6.61 Å². The number of rotatable bonds is 6. The fraction of sp³-hybridized carbons (Fsp3) is 0.278. The van der Waals surface area contributed by atoms with Crippen LogP contribution in [0.2, 0.25) is 0 Å². The number of nitro benzene ring substituents is 2. The number of aliphatic hydroxyl groups excluding tert-OH is 1. The molecule has 0 bridgehead atoms. The summed E-state index contributed by atoms with van der Waals surface area (Å²) in [5, 5.41) is 39.2. The normalized spacial score (nSPS) is 14.4. The van der Waals surface area contributed by atoms with Crippen LogP contribution in [0.25, 0.3) is 0 Å². The molecule has 0 unspecified atom stereocenters. The zero-order valence-corrected chi connectivity index (χ0v) is 19.6. The van der Waals surface area contributed by atoms with Crippen molar-refractivity contribution in [1.29, 1.82) is 0 Å². The van der Waals surface area contributed by atoms with E-state index in [1.807, 2.05) is 0 Å². The quantitative estimate of drug-likeness (QED) is 0.301. The third-order valence-corrected chi connectivity index (χ3v) is 5.13. The number of halogens is 2. The van der Waals surface area contributed by atoms with Gasteiger partial charge in [-0.3, -0.25) is 20.2 Å². The molecule has 0 radical (unpaired) electrons. The highest BCUT2D eigenvalue weighted by atomic mass is 79.9. The summed E-state index contributed by atoms with van der Waals surface area (Å²) in [5.74, 6) is -1.25. The molecular weight excluding hydrogens is 544 g/mol. The van der Waals surface area contributed by atoms with Gasteiger partial charge in [0.25, 0.3) is 11.4 Å². The zero-order chi connectivity index (χ0) is 24.1. The molecule has 0 aliphatic carbocycles. The third kappa shape index (κ3) is 7.04. The Balaban J connectivity index is 0.000000311. The minimum atomic E-state index is -1.66. The summed E-state index contributed by atoms with van der Waals surface area (Å²) in [6, 6.07) is 8.28. The molecule has 0 aliphatic rings. The number of hydrogen-bond acceptors (Lipinski definition) is 8. The van der Waals surface area contributed by atoms with Crippen molar-refractivity contribution in [2.24, 2.45) is 11.5 Å². The van der Waals surface area contributed by atoms with Gasteiger partial charge in [-0.1, -0.05) is 31.9 Å². The lowest BCUT2D eigenvalue weighted by molar-refractivity contribution is -0.385. The molecule has 13 heteroatoms. The van der Waals surface area contributed by atoms with Crippen molar-refractivity contribution < 1.29 is 24.9 Å². The van der Waals surface area contributed by atoms with Gasteiger partial charge in [0.15, 0.2) is 0 Å². The number of hydrogen-bond donors (Lipinski definition) is 4. The molecule has 6 N–H and O–H groups in total. The van der Waals surface area contributed by atoms with E-state index in [0.29, 0.717) is 14.5 Å². The van der Waals surface area contributed by atoms with Gasteiger partial charge in [-0.05, 0) is 37.1 Å². The largest absolute Gasteiger partial charge is 0.480 e. The highest BCUT2D eigenvalue weighted by Gasteiger charge is 2.32. The van der Waals surface area contributed by atoms with Crippen LogP contribution in [0.3, 0.4) is 0 Å². The molecule has 2 aromatic carbocycles. The fourth-order valence-electron chi connectivity index (χ4n) is 2.20. The Bertz CT molecular complexity index is 1010. The number of aliphatic carboxylic acids is 1. The van der Waals surface area contributed by atoms with Crippen LogP contribution >= 0.6 is 31.9 Å². The Hall–Kier alpha value is -2.45. The maximum atomic E-state index is 10.9. The summed E-state index contributed by atoms with van der Waals surface area (Å²) in [4.78, 5) is 31.0. The second kappa shape index (κ2) is 10.2. The van der Waals surface area contributed by atoms with Crippen molar-refractivity contribution in [3.8, 4) is 0 Å². The summed E-state index contributed by atoms with van der Waals surface area (Å²) >= 11 is 6.23. The van der Waals surface area contributed by atoms with Gasteiger partial charge in [0.2, 0.25) is 0 Å². The van der Waals surface area contributed by atoms with Gasteiger partial charge < -0.3 is 21.7 Å². The van der Waals surface area contributed by atoms with E-state index < -0.39 is 26.9 Å². The first kappa shape index (κ1) is 26.6. The van der Waals surface area contributed by atoms with Gasteiger partial charge in [-0.2, -0.15) is 0 Å². The maximum absolute atomic E-state index is 10.9. The Morgan fingerprint density at radius 1 is 0.935 bits per heavy atom. The Kier molecular flexibility index (Phi) is 8.78. The molecule has 168 valence electrons. The molecule has 0 saturated heterocycles. The molecule has 2 aromatic rings. The van der Waals surface area contributed by atoms with Crippen LogP contribution in [0, 0.1) is 20.2 Å². The first-order valence-electron chi connectivity index (χ1n) is 8.44. The molecule has 2 atom stereocenters. The summed E-state index contributed by atoms with van der Waals surface area (Å²) in [6.07, 6.45) is 0. The molecule has 0 fully saturated rings. The highest BCUT2D eigenvalue weighted by Crippen LogP contribution is 2.28. The number of aliphatic hydroxyl groups is 1. The number of nitrogens with two attached hydrogens (primary N) is 2. The van der Waals surface area contributed by atoms with E-state index in [9.17, 15) is 25.0 Å². The standard InChI is InChI=1S/C9H9BrN2O4.C9H11BrN2O3/c1-9(11,8(13)14)5-2-6(10)4-7(3-5)12(15)16;1-9(11,5-13)6-2-7(10)4-8(3-6)12(14)15/h2-4H,11H2,1H3,(H,13,14);2-4,13H,5,11H2,1H3/t2*9-/m10/s1. The Morgan fingerprint density at radius 2 is 1.32 bits per heavy atom. The van der Waals surface area contributed by atoms with E-state index in [1.54, 1.807) is 13.0 Å². The highest BCUT2D eigenvalue weighted by molar-refractivity contribution is 9.10. The van der Waals surface area contributed by atoms with Crippen LogP contribution in [0.1, 0.15) is 25.0 Å². The summed E-state index contributed by atoms with van der Waals surface area (Å²) in [6.45, 7) is 2.61. The first-order valence-corrected chi connectivity index (χ1v) is 10.0. The van der Waals surface area contributed by atoms with E-state index >= 15 is 0 Å². The van der Waals surface area contributed by atoms with Gasteiger partial charge >= 0.3 is 5.97 Å². The molecule has 31 heavy (non-hydrogen) atoms. The second-order valence-electron chi connectivity index (χ2n) is 6.99. The molecule has 0 saturated carbocycles. The number of non-ortho nitro benzene ring substituents is 2. The van der Waals surface area contributed by atoms with Gasteiger partial charge in [-0.25, -0.2) is 4.79 Å². The van der Waals surface area contributed by atoms with E-state index in [0.717, 1.165) is 6.07 Å². The monoisotopic (exact) mass is 562 g/mol. The van der Waals surface area contributed by atoms with Crippen molar-refractivity contribution >= 4 is 49.2 Å². The van der Waals surface area contributed by atoms with Crippen molar-refractivity contribution in [3.05, 3.63) is 76.7 Å². The minimum absolute atomic E-state index is 0.0514. The predicted octanol–water partition coefficient (Wildman–Crippen LogP) is 3.14. The topological polar surface area (TPSA) is 196 Å². The zero-order valence-electron chi connectivity index (χ0n) is 16.4. The van der Waals surface area contributed by atoms with Crippen LogP contribution in [-0.2, 0) is 15.9 Å². The lowest BCUT2D eigenvalue weighted by Crippen LogP contribution is -2.41. The third-order valence-electron chi connectivity index (χ3n) is 4.22. The lowest BCUT2D eigenvalue weighted by atomic mass is 9.93. The van der Waals surface area contributed by atoms with E-state index in [-0.39, 0.29) is 23.5 Å². The van der Waals surface area contributed by atoms with Crippen LogP contribution in [0.4, 0.5) is 11.4 Å². The van der Waals surface area contributed by atoms with Crippen LogP contribution in [-0.4, -0.2) is 32.6 Å². The Labute approximate surface area is 193 Å². The number of benzene rings is 2. The summed E-state index contributed by atoms with van der Waals surface area (Å²) in [5.41, 5.74) is 9.15. The average molecular weight is 564 g/mol. The number of nitrogens with zero attached hydrogens (tertiary/aromatic N) is 2. The minimum Gasteiger partial charge on any atom is -0.480 e. The smallest absolute Gasteiger partial charge is 0.328 e. The van der Waals surface area contributed by atoms with Crippen molar-refractivity contribution in [3.63, 3.8) is 0 Å². The van der Waals surface area contributed by atoms with Crippen molar-refractivity contribution in [1.82, 2.24) is 0 Å². The fourth-order valence-corrected chi connectivity index (χ4v) is 3.17. The maximum Gasteiger partial charge on any atom is 0.328 e. The number of carboxylic acid groups (broad SMARTS) is 1. The molecule has 2 rings (SSSR count). The molecule has 0 spiro atoms. The first-order chi connectivity index (χ1) is 14.1. The molecule has 0 heterocycles. The van der Waals surface area contributed by atoms with E-state index in [1.165, 1.54) is 31.2 Å². The number of carboxylic acids is 1. The summed E-state index contributed by atoms with van der Waals surface area (Å²) < 4.78 is 0.978. The van der Waals surface area contributed by atoms with Gasteiger partial charge in [0, 0.05) is 33.2 Å². The molecule has 11 nitrogen and oxygen atoms in total. The number of carbonyl (C=O) groups is 1. The van der Waals surface area contributed by atoms with Crippen molar-refractivity contribution in [2.45, 2.75) is 24.9 Å². The molecular formula is C18H20Br2N4O7. The van der Waals surface area contributed by atoms with E-state index in [2.05, 4.69) is 31.9 Å². The van der Waals surface area contributed by atoms with Gasteiger partial charge in [-0.15, -0.1) is 0 Å². The SMILES string of the molecule is C[C@](N)(C(=O)O)c1cc(Br)cc([N+](=O)[O-])c1.C[C@](N)(CO)c1cc(Br)cc([N+](=O)[O-])c1. The van der Waals surface area contributed by atoms with Gasteiger partial charge in [0.05, 0.1) is 22.0 Å². The Morgan fingerprint density at radius 3 is 1.68 bits per heavy atom. The molecule has 0 aliphatic heterocycles. The van der Waals surface area contributed by atoms with Crippen LogP contribution < -0.4 is 11.5 Å².